The molecule has 14 heteroatoms. The Morgan fingerprint density at radius 3 is 2.11 bits per heavy atom. The summed E-state index contributed by atoms with van der Waals surface area (Å²) in [5.74, 6) is -2.51. The number of carbonyl (C=O) groups is 5. The highest BCUT2D eigenvalue weighted by atomic mass is 16.5. The van der Waals surface area contributed by atoms with Gasteiger partial charge in [0.15, 0.2) is 0 Å². The van der Waals surface area contributed by atoms with E-state index in [2.05, 4.69) is 28.2 Å². The second-order valence-electron chi connectivity index (χ2n) is 16.3. The summed E-state index contributed by atoms with van der Waals surface area (Å²) >= 11 is 0. The van der Waals surface area contributed by atoms with E-state index in [0.717, 1.165) is 70.6 Å². The topological polar surface area (TPSA) is 207 Å². The molecule has 0 aromatic rings. The molecule has 0 radical (unpaired) electrons. The molecular formula is C39H71N7O7. The van der Waals surface area contributed by atoms with E-state index < -0.39 is 65.9 Å². The van der Waals surface area contributed by atoms with Crippen LogP contribution in [0.3, 0.4) is 0 Å². The molecule has 7 atom stereocenters. The zero-order valence-corrected chi connectivity index (χ0v) is 33.3. The summed E-state index contributed by atoms with van der Waals surface area (Å²) in [6.45, 7) is 10.2. The monoisotopic (exact) mass is 750 g/mol. The minimum atomic E-state index is -1.17. The van der Waals surface area contributed by atoms with Crippen LogP contribution >= 0.6 is 0 Å². The van der Waals surface area contributed by atoms with Crippen molar-refractivity contribution in [2.45, 2.75) is 161 Å². The molecule has 14 nitrogen and oxygen atoms in total. The van der Waals surface area contributed by atoms with E-state index in [4.69, 9.17) is 20.9 Å². The number of hydrogen-bond acceptors (Lipinski definition) is 9. The SMILES string of the molecule is CCCCCC[C@H]1OC[C@@H](C)NC(=O)[C@H](CO[C@H]2C[C@H](CN)C2)NC(=O)[C@H](CN)NC(=O)[C@H](C2CCCCC2)NC(=O)[C@H](CC(C)C)N(C)C(=O)[C@@H]1C. The van der Waals surface area contributed by atoms with Gasteiger partial charge >= 0.3 is 0 Å². The summed E-state index contributed by atoms with van der Waals surface area (Å²) in [7, 11) is 1.65. The van der Waals surface area contributed by atoms with Crippen molar-refractivity contribution in [1.82, 2.24) is 26.2 Å². The van der Waals surface area contributed by atoms with Crippen molar-refractivity contribution < 1.29 is 33.4 Å². The van der Waals surface area contributed by atoms with Gasteiger partial charge < -0.3 is 47.1 Å². The van der Waals surface area contributed by atoms with Gasteiger partial charge in [-0.2, -0.15) is 0 Å². The van der Waals surface area contributed by atoms with E-state index in [1.54, 1.807) is 7.05 Å². The van der Waals surface area contributed by atoms with Gasteiger partial charge in [0.2, 0.25) is 29.5 Å². The van der Waals surface area contributed by atoms with Crippen molar-refractivity contribution in [2.24, 2.45) is 35.1 Å². The molecular weight excluding hydrogens is 678 g/mol. The second-order valence-corrected chi connectivity index (χ2v) is 16.3. The largest absolute Gasteiger partial charge is 0.376 e. The maximum atomic E-state index is 14.2. The third-order valence-corrected chi connectivity index (χ3v) is 11.3. The van der Waals surface area contributed by atoms with Gasteiger partial charge in [-0.1, -0.05) is 72.6 Å². The number of hydrogen-bond donors (Lipinski definition) is 6. The highest BCUT2D eigenvalue weighted by molar-refractivity contribution is 5.96. The quantitative estimate of drug-likeness (QED) is 0.152. The van der Waals surface area contributed by atoms with Crippen LogP contribution in [0.4, 0.5) is 0 Å². The molecule has 3 aliphatic rings. The lowest BCUT2D eigenvalue weighted by atomic mass is 9.82. The summed E-state index contributed by atoms with van der Waals surface area (Å²) in [6.07, 6.45) is 10.4. The Hall–Kier alpha value is -2.81. The molecule has 5 amide bonds. The normalized spacial score (nSPS) is 32.1. The average Bonchev–Trinajstić information content (AvgIpc) is 3.12. The lowest BCUT2D eigenvalue weighted by molar-refractivity contribution is -0.147. The molecule has 0 bridgehead atoms. The first-order valence-electron chi connectivity index (χ1n) is 20.4. The molecule has 8 N–H and O–H groups in total. The Bertz CT molecular complexity index is 1180. The Balaban J connectivity index is 1.97. The lowest BCUT2D eigenvalue weighted by Gasteiger charge is -2.36. The molecule has 1 heterocycles. The Labute approximate surface area is 317 Å². The third-order valence-electron chi connectivity index (χ3n) is 11.3. The minimum Gasteiger partial charge on any atom is -0.376 e. The van der Waals surface area contributed by atoms with Crippen molar-refractivity contribution in [2.75, 3.05) is 33.4 Å². The van der Waals surface area contributed by atoms with E-state index in [9.17, 15) is 24.0 Å². The van der Waals surface area contributed by atoms with Crippen molar-refractivity contribution in [3.63, 3.8) is 0 Å². The van der Waals surface area contributed by atoms with Crippen LogP contribution in [0.1, 0.15) is 118 Å². The number of rotatable bonds is 13. The minimum absolute atomic E-state index is 0.0685. The maximum absolute atomic E-state index is 14.2. The number of nitrogens with zero attached hydrogens (tertiary/aromatic N) is 1. The Morgan fingerprint density at radius 1 is 0.830 bits per heavy atom. The Kier molecular flexibility index (Phi) is 19.0. The molecule has 2 aliphatic carbocycles. The van der Waals surface area contributed by atoms with Crippen LogP contribution in [0.15, 0.2) is 0 Å². The summed E-state index contributed by atoms with van der Waals surface area (Å²) in [5.41, 5.74) is 11.8. The summed E-state index contributed by atoms with van der Waals surface area (Å²) in [6, 6.07) is -4.46. The average molecular weight is 750 g/mol. The first kappa shape index (κ1) is 44.6. The van der Waals surface area contributed by atoms with Crippen LogP contribution in [0.2, 0.25) is 0 Å². The summed E-state index contributed by atoms with van der Waals surface area (Å²) in [5, 5.41) is 11.5. The van der Waals surface area contributed by atoms with E-state index in [0.29, 0.717) is 25.3 Å². The van der Waals surface area contributed by atoms with Crippen LogP contribution in [0.5, 0.6) is 0 Å². The highest BCUT2D eigenvalue weighted by Crippen LogP contribution is 2.30. The number of amides is 5. The zero-order chi connectivity index (χ0) is 39.1. The standard InChI is InChI=1S/C39H71N7O7/c1-7-8-9-13-16-33-26(5)39(51)46(6)32(17-24(2)3)37(49)45-34(28-14-11-10-12-15-28)38(50)43-30(21-41)35(47)44-31(36(48)42-25(4)22-53-33)23-52-29-18-27(19-29)20-40/h24-34H,7-23,40-41H2,1-6H3,(H,42,48)(H,43,50)(H,44,47)(H,45,49)/t25-,26-,27-,29-,30+,31+,32+,33-,34+/m1/s1. The number of nitrogens with one attached hydrogen (secondary N) is 4. The van der Waals surface area contributed by atoms with Gasteiger partial charge in [0.1, 0.15) is 24.2 Å². The van der Waals surface area contributed by atoms with E-state index in [-0.39, 0.29) is 43.6 Å². The first-order chi connectivity index (χ1) is 25.3. The van der Waals surface area contributed by atoms with Gasteiger partial charge in [-0.25, -0.2) is 0 Å². The molecule has 304 valence electrons. The van der Waals surface area contributed by atoms with Crippen LogP contribution in [-0.4, -0.2) is 110 Å². The molecule has 1 saturated heterocycles. The number of ether oxygens (including phenoxy) is 2. The predicted molar refractivity (Wildman–Crippen MR) is 204 cm³/mol. The highest BCUT2D eigenvalue weighted by Gasteiger charge is 2.39. The number of likely N-dealkylation sites (N-methyl/N-ethyl adjacent to an activating group) is 1. The van der Waals surface area contributed by atoms with Crippen LogP contribution in [-0.2, 0) is 33.4 Å². The third kappa shape index (κ3) is 13.8. The molecule has 1 aliphatic heterocycles. The summed E-state index contributed by atoms with van der Waals surface area (Å²) < 4.78 is 12.4. The Morgan fingerprint density at radius 2 is 1.49 bits per heavy atom. The van der Waals surface area contributed by atoms with Gasteiger partial charge in [0.25, 0.3) is 0 Å². The zero-order valence-electron chi connectivity index (χ0n) is 33.3. The fourth-order valence-corrected chi connectivity index (χ4v) is 7.72. The van der Waals surface area contributed by atoms with Gasteiger partial charge in [-0.15, -0.1) is 0 Å². The molecule has 0 aromatic carbocycles. The van der Waals surface area contributed by atoms with Crippen molar-refractivity contribution >= 4 is 29.5 Å². The predicted octanol–water partition coefficient (Wildman–Crippen LogP) is 2.12. The number of unbranched alkanes of at least 4 members (excludes halogenated alkanes) is 3. The summed E-state index contributed by atoms with van der Waals surface area (Å²) in [4.78, 5) is 71.4. The van der Waals surface area contributed by atoms with Gasteiger partial charge in [-0.05, 0) is 69.7 Å². The van der Waals surface area contributed by atoms with Crippen LogP contribution in [0.25, 0.3) is 0 Å². The van der Waals surface area contributed by atoms with E-state index in [1.165, 1.54) is 4.90 Å². The number of carbonyl (C=O) groups excluding carboxylic acids is 5. The van der Waals surface area contributed by atoms with E-state index >= 15 is 0 Å². The maximum Gasteiger partial charge on any atom is 0.245 e. The van der Waals surface area contributed by atoms with E-state index in [1.807, 2.05) is 27.7 Å². The molecule has 0 unspecified atom stereocenters. The van der Waals surface area contributed by atoms with Crippen molar-refractivity contribution in [3.05, 3.63) is 0 Å². The smallest absolute Gasteiger partial charge is 0.245 e. The van der Waals surface area contributed by atoms with Crippen molar-refractivity contribution in [3.8, 4) is 0 Å². The fraction of sp³-hybridized carbons (Fsp3) is 0.872. The van der Waals surface area contributed by atoms with Gasteiger partial charge in [0.05, 0.1) is 31.3 Å². The molecule has 0 spiro atoms. The van der Waals surface area contributed by atoms with Crippen molar-refractivity contribution in [1.29, 1.82) is 0 Å². The molecule has 3 fully saturated rings. The number of nitrogens with two attached hydrogens (primary N) is 2. The fourth-order valence-electron chi connectivity index (χ4n) is 7.72. The van der Waals surface area contributed by atoms with Gasteiger partial charge in [-0.3, -0.25) is 24.0 Å². The second kappa shape index (κ2) is 22.5. The molecule has 0 aromatic heterocycles. The molecule has 3 rings (SSSR count). The van der Waals surface area contributed by atoms with Gasteiger partial charge in [0, 0.05) is 19.6 Å². The molecule has 2 saturated carbocycles. The van der Waals surface area contributed by atoms with Crippen LogP contribution < -0.4 is 32.7 Å². The molecule has 53 heavy (non-hydrogen) atoms. The van der Waals surface area contributed by atoms with Crippen LogP contribution in [0, 0.1) is 23.7 Å². The lowest BCUT2D eigenvalue weighted by Crippen LogP contribution is -2.62. The first-order valence-corrected chi connectivity index (χ1v) is 20.4.